The van der Waals surface area contributed by atoms with Gasteiger partial charge in [0.1, 0.15) is 0 Å². The number of benzene rings is 1. The fourth-order valence-electron chi connectivity index (χ4n) is 1.65. The zero-order chi connectivity index (χ0) is 14.8. The number of nitrogens with two attached hydrogens (primary N) is 1. The number of rotatable bonds is 6. The van der Waals surface area contributed by atoms with Crippen LogP contribution in [0.5, 0.6) is 0 Å². The molecule has 0 saturated heterocycles. The van der Waals surface area contributed by atoms with E-state index in [-0.39, 0.29) is 16.8 Å². The van der Waals surface area contributed by atoms with Gasteiger partial charge < -0.3 is 11.1 Å². The van der Waals surface area contributed by atoms with Gasteiger partial charge in [0.2, 0.25) is 15.9 Å². The van der Waals surface area contributed by atoms with E-state index < -0.39 is 16.1 Å². The van der Waals surface area contributed by atoms with Gasteiger partial charge in [0.25, 0.3) is 0 Å². The van der Waals surface area contributed by atoms with E-state index in [2.05, 4.69) is 10.0 Å². The summed E-state index contributed by atoms with van der Waals surface area (Å²) in [7, 11) is -3.51. The van der Waals surface area contributed by atoms with Gasteiger partial charge in [-0.2, -0.15) is 0 Å². The molecule has 6 nitrogen and oxygen atoms in total. The van der Waals surface area contributed by atoms with Crippen molar-refractivity contribution in [2.75, 3.05) is 5.32 Å². The number of carbonyl (C=O) groups excluding carboxylic acids is 1. The second-order valence-corrected chi connectivity index (χ2v) is 6.64. The zero-order valence-electron chi connectivity index (χ0n) is 11.3. The smallest absolute Gasteiger partial charge is 0.241 e. The molecular formula is C13H19N3O3S. The van der Waals surface area contributed by atoms with Crippen LogP contribution in [0.2, 0.25) is 0 Å². The third-order valence-electron chi connectivity index (χ3n) is 3.09. The lowest BCUT2D eigenvalue weighted by molar-refractivity contribution is -0.117. The number of amides is 1. The summed E-state index contributed by atoms with van der Waals surface area (Å²) in [4.78, 5) is 11.8. The lowest BCUT2D eigenvalue weighted by atomic mass is 10.2. The third-order valence-corrected chi connectivity index (χ3v) is 4.61. The van der Waals surface area contributed by atoms with E-state index in [1.165, 1.54) is 12.1 Å². The minimum Gasteiger partial charge on any atom is -0.325 e. The quantitative estimate of drug-likeness (QED) is 0.723. The minimum absolute atomic E-state index is 0.0479. The maximum Gasteiger partial charge on any atom is 0.241 e. The molecule has 1 aliphatic carbocycles. The molecule has 0 aromatic heterocycles. The van der Waals surface area contributed by atoms with Crippen LogP contribution in [0.25, 0.3) is 0 Å². The summed E-state index contributed by atoms with van der Waals surface area (Å²) in [6.45, 7) is 1.81. The minimum atomic E-state index is -3.51. The normalized spacial score (nSPS) is 16.7. The number of hydrogen-bond acceptors (Lipinski definition) is 4. The molecule has 110 valence electrons. The fourth-order valence-corrected chi connectivity index (χ4v) is 3.00. The van der Waals surface area contributed by atoms with Crippen molar-refractivity contribution in [1.82, 2.24) is 4.72 Å². The molecule has 1 fully saturated rings. The predicted molar refractivity (Wildman–Crippen MR) is 76.7 cm³/mol. The number of nitrogens with one attached hydrogen (secondary N) is 2. The first-order chi connectivity index (χ1) is 9.42. The predicted octanol–water partition coefficient (Wildman–Crippen LogP) is 0.803. The van der Waals surface area contributed by atoms with Gasteiger partial charge in [0, 0.05) is 11.7 Å². The highest BCUT2D eigenvalue weighted by atomic mass is 32.2. The topological polar surface area (TPSA) is 101 Å². The highest BCUT2D eigenvalue weighted by Gasteiger charge is 2.28. The van der Waals surface area contributed by atoms with Gasteiger partial charge in [-0.3, -0.25) is 4.79 Å². The number of carbonyl (C=O) groups is 1. The highest BCUT2D eigenvalue weighted by molar-refractivity contribution is 7.89. The fraction of sp³-hybridized carbons (Fsp3) is 0.462. The van der Waals surface area contributed by atoms with E-state index in [0.29, 0.717) is 12.1 Å². The molecule has 1 aliphatic rings. The van der Waals surface area contributed by atoms with Crippen LogP contribution < -0.4 is 15.8 Å². The average molecular weight is 297 g/mol. The molecule has 1 amide bonds. The Balaban J connectivity index is 2.13. The Bertz CT molecular complexity index is 597. The molecule has 1 saturated carbocycles. The van der Waals surface area contributed by atoms with Crippen molar-refractivity contribution in [3.8, 4) is 0 Å². The molecule has 4 N–H and O–H groups in total. The van der Waals surface area contributed by atoms with Crippen molar-refractivity contribution in [1.29, 1.82) is 0 Å². The van der Waals surface area contributed by atoms with Crippen molar-refractivity contribution in [3.05, 3.63) is 24.3 Å². The number of sulfonamides is 1. The molecule has 1 aromatic rings. The van der Waals surface area contributed by atoms with Gasteiger partial charge in [-0.1, -0.05) is 13.0 Å². The summed E-state index contributed by atoms with van der Waals surface area (Å²) in [6.07, 6.45) is 2.27. The van der Waals surface area contributed by atoms with Crippen LogP contribution in [-0.2, 0) is 14.8 Å². The van der Waals surface area contributed by atoms with Gasteiger partial charge >= 0.3 is 0 Å². The summed E-state index contributed by atoms with van der Waals surface area (Å²) in [5.41, 5.74) is 6.05. The molecule has 0 radical (unpaired) electrons. The van der Waals surface area contributed by atoms with E-state index in [9.17, 15) is 13.2 Å². The zero-order valence-corrected chi connectivity index (χ0v) is 12.1. The maximum atomic E-state index is 12.1. The average Bonchev–Trinajstić information content (AvgIpc) is 3.21. The van der Waals surface area contributed by atoms with Gasteiger partial charge in [-0.05, 0) is 37.5 Å². The van der Waals surface area contributed by atoms with Crippen molar-refractivity contribution in [3.63, 3.8) is 0 Å². The van der Waals surface area contributed by atoms with E-state index in [1.807, 2.05) is 6.92 Å². The number of hydrogen-bond donors (Lipinski definition) is 3. The molecule has 20 heavy (non-hydrogen) atoms. The summed E-state index contributed by atoms with van der Waals surface area (Å²) < 4.78 is 26.7. The van der Waals surface area contributed by atoms with Crippen LogP contribution in [-0.4, -0.2) is 26.4 Å². The second-order valence-electron chi connectivity index (χ2n) is 4.93. The first-order valence-electron chi connectivity index (χ1n) is 6.61. The van der Waals surface area contributed by atoms with E-state index in [4.69, 9.17) is 5.73 Å². The second kappa shape index (κ2) is 5.90. The molecule has 1 atom stereocenters. The lowest BCUT2D eigenvalue weighted by Gasteiger charge is -2.11. The monoisotopic (exact) mass is 297 g/mol. The Morgan fingerprint density at radius 2 is 2.15 bits per heavy atom. The number of anilines is 1. The molecule has 0 heterocycles. The van der Waals surface area contributed by atoms with Crippen LogP contribution in [0.1, 0.15) is 26.2 Å². The molecule has 0 bridgehead atoms. The van der Waals surface area contributed by atoms with Crippen molar-refractivity contribution < 1.29 is 13.2 Å². The molecular weight excluding hydrogens is 278 g/mol. The third kappa shape index (κ3) is 3.78. The summed E-state index contributed by atoms with van der Waals surface area (Å²) in [5, 5.41) is 2.62. The van der Waals surface area contributed by atoms with Crippen molar-refractivity contribution in [2.24, 2.45) is 5.73 Å². The van der Waals surface area contributed by atoms with Crippen molar-refractivity contribution >= 4 is 21.6 Å². The van der Waals surface area contributed by atoms with Crippen LogP contribution in [0, 0.1) is 0 Å². The molecule has 7 heteroatoms. The Labute approximate surface area is 118 Å². The lowest BCUT2D eigenvalue weighted by Crippen LogP contribution is -2.34. The Hall–Kier alpha value is -1.44. The molecule has 2 rings (SSSR count). The van der Waals surface area contributed by atoms with E-state index in [1.54, 1.807) is 12.1 Å². The standard InChI is InChI=1S/C13H19N3O3S/c1-2-12(14)13(17)15-10-4-3-5-11(8-10)20(18,19)16-9-6-7-9/h3-5,8-9,12,16H,2,6-7,14H2,1H3,(H,15,17). The van der Waals surface area contributed by atoms with Crippen LogP contribution in [0.3, 0.4) is 0 Å². The summed E-state index contributed by atoms with van der Waals surface area (Å²) >= 11 is 0. The Kier molecular flexibility index (Phi) is 4.42. The molecule has 1 aromatic carbocycles. The van der Waals surface area contributed by atoms with Gasteiger partial charge in [-0.25, -0.2) is 13.1 Å². The van der Waals surface area contributed by atoms with Gasteiger partial charge in [-0.15, -0.1) is 0 Å². The van der Waals surface area contributed by atoms with Gasteiger partial charge in [0.15, 0.2) is 0 Å². The largest absolute Gasteiger partial charge is 0.325 e. The Morgan fingerprint density at radius 3 is 2.75 bits per heavy atom. The van der Waals surface area contributed by atoms with Gasteiger partial charge in [0.05, 0.1) is 10.9 Å². The molecule has 0 aliphatic heterocycles. The van der Waals surface area contributed by atoms with Crippen molar-refractivity contribution in [2.45, 2.75) is 43.2 Å². The summed E-state index contributed by atoms with van der Waals surface area (Å²) in [6, 6.07) is 5.61. The molecule has 1 unspecified atom stereocenters. The Morgan fingerprint density at radius 1 is 1.45 bits per heavy atom. The SMILES string of the molecule is CCC(N)C(=O)Nc1cccc(S(=O)(=O)NC2CC2)c1. The first-order valence-corrected chi connectivity index (χ1v) is 8.09. The van der Waals surface area contributed by atoms with E-state index in [0.717, 1.165) is 12.8 Å². The van der Waals surface area contributed by atoms with Crippen LogP contribution >= 0.6 is 0 Å². The van der Waals surface area contributed by atoms with Crippen LogP contribution in [0.15, 0.2) is 29.2 Å². The first kappa shape index (κ1) is 15.0. The highest BCUT2D eigenvalue weighted by Crippen LogP contribution is 2.23. The molecule has 0 spiro atoms. The maximum absolute atomic E-state index is 12.1. The van der Waals surface area contributed by atoms with E-state index >= 15 is 0 Å². The summed E-state index contributed by atoms with van der Waals surface area (Å²) in [5.74, 6) is -0.322. The van der Waals surface area contributed by atoms with Crippen LogP contribution in [0.4, 0.5) is 5.69 Å².